The second-order valence-corrected chi connectivity index (χ2v) is 6.64. The van der Waals surface area contributed by atoms with Crippen molar-refractivity contribution in [1.82, 2.24) is 15.0 Å². The maximum absolute atomic E-state index is 12.0. The predicted octanol–water partition coefficient (Wildman–Crippen LogP) is -1.15. The monoisotopic (exact) mass is 378 g/mol. The number of rotatable bonds is 8. The summed E-state index contributed by atoms with van der Waals surface area (Å²) in [5, 5.41) is 10.7. The number of aromatic nitrogens is 1. The third-order valence-electron chi connectivity index (χ3n) is 2.69. The van der Waals surface area contributed by atoms with Crippen LogP contribution in [0.4, 0.5) is 0 Å². The molecule has 0 spiro atoms. The zero-order chi connectivity index (χ0) is 18.3. The van der Waals surface area contributed by atoms with Crippen LogP contribution in [0, 0.1) is 0 Å². The van der Waals surface area contributed by atoms with Gasteiger partial charge in [-0.3, -0.25) is 19.4 Å². The number of carbonyl (C=O) groups excluding carboxylic acids is 2. The molecule has 0 radical (unpaired) electrons. The van der Waals surface area contributed by atoms with Gasteiger partial charge in [0.2, 0.25) is 11.8 Å². The Hall–Kier alpha value is -2.24. The molecular formula is C12H15ClN4O6S. The Labute approximate surface area is 142 Å². The summed E-state index contributed by atoms with van der Waals surface area (Å²) in [6, 6.07) is -0.0180. The molecule has 0 aromatic carbocycles. The molecule has 0 fully saturated rings. The molecule has 24 heavy (non-hydrogen) atoms. The second-order valence-electron chi connectivity index (χ2n) is 4.58. The molecular weight excluding hydrogens is 364 g/mol. The Morgan fingerprint density at radius 1 is 1.29 bits per heavy atom. The van der Waals surface area contributed by atoms with E-state index in [4.69, 9.17) is 22.4 Å². The summed E-state index contributed by atoms with van der Waals surface area (Å²) in [5.41, 5.74) is 5.19. The van der Waals surface area contributed by atoms with E-state index in [0.717, 1.165) is 6.20 Å². The van der Waals surface area contributed by atoms with E-state index in [-0.39, 0.29) is 22.9 Å². The minimum Gasteiger partial charge on any atom is -0.480 e. The molecule has 5 N–H and O–H groups in total. The van der Waals surface area contributed by atoms with E-state index in [2.05, 4.69) is 10.3 Å². The molecule has 1 aromatic heterocycles. The lowest BCUT2D eigenvalue weighted by molar-refractivity contribution is -0.138. The van der Waals surface area contributed by atoms with Crippen molar-refractivity contribution >= 4 is 39.4 Å². The Bertz CT molecular complexity index is 739. The van der Waals surface area contributed by atoms with Crippen LogP contribution in [-0.4, -0.2) is 48.9 Å². The summed E-state index contributed by atoms with van der Waals surface area (Å²) < 4.78 is 25.7. The summed E-state index contributed by atoms with van der Waals surface area (Å²) >= 11 is 5.72. The van der Waals surface area contributed by atoms with Crippen molar-refractivity contribution in [2.75, 3.05) is 6.54 Å². The van der Waals surface area contributed by atoms with E-state index in [1.165, 1.54) is 12.3 Å². The second kappa shape index (κ2) is 8.57. The molecule has 2 amide bonds. The molecule has 10 nitrogen and oxygen atoms in total. The van der Waals surface area contributed by atoms with Gasteiger partial charge in [-0.2, -0.15) is 0 Å². The fourth-order valence-corrected chi connectivity index (χ4v) is 2.89. The number of hydrogen-bond donors (Lipinski definition) is 4. The first-order chi connectivity index (χ1) is 11.1. The fraction of sp³-hybridized carbons (Fsp3) is 0.333. The molecule has 0 saturated heterocycles. The van der Waals surface area contributed by atoms with Gasteiger partial charge in [0.15, 0.2) is 0 Å². The molecule has 0 saturated carbocycles. The molecule has 0 aliphatic rings. The van der Waals surface area contributed by atoms with Crippen molar-refractivity contribution in [2.45, 2.75) is 23.8 Å². The molecule has 0 aliphatic carbocycles. The number of carboxylic acid groups (broad SMARTS) is 1. The molecule has 0 aliphatic heterocycles. The normalized spacial score (nSPS) is 12.2. The Morgan fingerprint density at radius 3 is 2.50 bits per heavy atom. The third kappa shape index (κ3) is 6.10. The number of nitrogens with zero attached hydrogens (tertiary/aromatic N) is 1. The SMILES string of the molecule is NC(CNC(=O)CCC(=O)NS(=O)(=O)c1cnccc1Cl)C(=O)O. The minimum absolute atomic E-state index is 0.106. The number of halogens is 1. The number of carboxylic acids is 1. The first kappa shape index (κ1) is 19.8. The number of hydrogen-bond acceptors (Lipinski definition) is 7. The van der Waals surface area contributed by atoms with Gasteiger partial charge >= 0.3 is 5.97 Å². The number of nitrogens with two attached hydrogens (primary N) is 1. The summed E-state index contributed by atoms with van der Waals surface area (Å²) in [7, 11) is -4.20. The molecule has 12 heteroatoms. The molecule has 1 atom stereocenters. The molecule has 0 bridgehead atoms. The molecule has 1 unspecified atom stereocenters. The predicted molar refractivity (Wildman–Crippen MR) is 82.4 cm³/mol. The average molecular weight is 379 g/mol. The summed E-state index contributed by atoms with van der Waals surface area (Å²) in [4.78, 5) is 36.8. The topological polar surface area (TPSA) is 169 Å². The lowest BCUT2D eigenvalue weighted by Gasteiger charge is -2.09. The first-order valence-corrected chi connectivity index (χ1v) is 8.40. The maximum Gasteiger partial charge on any atom is 0.322 e. The highest BCUT2D eigenvalue weighted by molar-refractivity contribution is 7.90. The zero-order valence-corrected chi connectivity index (χ0v) is 13.8. The molecule has 1 heterocycles. The third-order valence-corrected chi connectivity index (χ3v) is 4.53. The summed E-state index contributed by atoms with van der Waals surface area (Å²) in [6.45, 7) is -0.306. The van der Waals surface area contributed by atoms with E-state index < -0.39 is 40.3 Å². The van der Waals surface area contributed by atoms with E-state index >= 15 is 0 Å². The van der Waals surface area contributed by atoms with Crippen molar-refractivity contribution < 1.29 is 27.9 Å². The van der Waals surface area contributed by atoms with Crippen LogP contribution in [0.3, 0.4) is 0 Å². The molecule has 132 valence electrons. The number of sulfonamides is 1. The van der Waals surface area contributed by atoms with Gasteiger partial charge in [-0.05, 0) is 6.07 Å². The summed E-state index contributed by atoms with van der Waals surface area (Å²) in [6.07, 6.45) is 1.51. The van der Waals surface area contributed by atoms with Crippen LogP contribution in [0.25, 0.3) is 0 Å². The maximum atomic E-state index is 12.0. The van der Waals surface area contributed by atoms with E-state index in [1.807, 2.05) is 0 Å². The lowest BCUT2D eigenvalue weighted by Crippen LogP contribution is -2.42. The number of nitrogens with one attached hydrogen (secondary N) is 2. The van der Waals surface area contributed by atoms with Crippen molar-refractivity contribution in [3.05, 3.63) is 23.5 Å². The Kier molecular flexibility index (Phi) is 7.07. The van der Waals surface area contributed by atoms with Gasteiger partial charge in [-0.15, -0.1) is 0 Å². The minimum atomic E-state index is -4.20. The highest BCUT2D eigenvalue weighted by Crippen LogP contribution is 2.18. The van der Waals surface area contributed by atoms with Gasteiger partial charge in [0.1, 0.15) is 10.9 Å². The number of carbonyl (C=O) groups is 3. The van der Waals surface area contributed by atoms with E-state index in [0.29, 0.717) is 0 Å². The average Bonchev–Trinajstić information content (AvgIpc) is 2.50. The van der Waals surface area contributed by atoms with Gasteiger partial charge in [0, 0.05) is 31.8 Å². The quantitative estimate of drug-likeness (QED) is 0.439. The van der Waals surface area contributed by atoms with Crippen LogP contribution >= 0.6 is 11.6 Å². The van der Waals surface area contributed by atoms with Gasteiger partial charge in [0.05, 0.1) is 5.02 Å². The van der Waals surface area contributed by atoms with E-state index in [1.54, 1.807) is 4.72 Å². The fourth-order valence-electron chi connectivity index (χ4n) is 1.44. The van der Waals surface area contributed by atoms with Crippen LogP contribution in [-0.2, 0) is 24.4 Å². The Balaban J connectivity index is 2.50. The van der Waals surface area contributed by atoms with Crippen LogP contribution in [0.15, 0.2) is 23.4 Å². The Morgan fingerprint density at radius 2 is 1.92 bits per heavy atom. The number of pyridine rings is 1. The smallest absolute Gasteiger partial charge is 0.322 e. The largest absolute Gasteiger partial charge is 0.480 e. The van der Waals surface area contributed by atoms with Gasteiger partial charge in [0.25, 0.3) is 10.0 Å². The molecule has 1 rings (SSSR count). The first-order valence-electron chi connectivity index (χ1n) is 6.53. The van der Waals surface area contributed by atoms with Crippen LogP contribution in [0.1, 0.15) is 12.8 Å². The van der Waals surface area contributed by atoms with Crippen LogP contribution in [0.5, 0.6) is 0 Å². The lowest BCUT2D eigenvalue weighted by atomic mass is 10.2. The molecule has 1 aromatic rings. The van der Waals surface area contributed by atoms with Gasteiger partial charge in [-0.1, -0.05) is 11.6 Å². The van der Waals surface area contributed by atoms with Gasteiger partial charge in [-0.25, -0.2) is 13.1 Å². The van der Waals surface area contributed by atoms with Crippen molar-refractivity contribution in [3.8, 4) is 0 Å². The zero-order valence-electron chi connectivity index (χ0n) is 12.2. The van der Waals surface area contributed by atoms with Crippen molar-refractivity contribution in [3.63, 3.8) is 0 Å². The highest BCUT2D eigenvalue weighted by Gasteiger charge is 2.21. The van der Waals surface area contributed by atoms with Gasteiger partial charge < -0.3 is 16.2 Å². The number of aliphatic carboxylic acids is 1. The number of amides is 2. The van der Waals surface area contributed by atoms with Crippen molar-refractivity contribution in [2.24, 2.45) is 5.73 Å². The summed E-state index contributed by atoms with van der Waals surface area (Å²) in [5.74, 6) is -2.85. The van der Waals surface area contributed by atoms with Crippen LogP contribution < -0.4 is 15.8 Å². The highest BCUT2D eigenvalue weighted by atomic mass is 35.5. The van der Waals surface area contributed by atoms with Crippen LogP contribution in [0.2, 0.25) is 5.02 Å². The standard InChI is InChI=1S/C12H15ClN4O6S/c13-7-3-4-15-6-9(7)24(22,23)17-11(19)2-1-10(18)16-5-8(14)12(20)21/h3-4,6,8H,1-2,5,14H2,(H,16,18)(H,17,19)(H,20,21). The van der Waals surface area contributed by atoms with E-state index in [9.17, 15) is 22.8 Å². The van der Waals surface area contributed by atoms with Crippen molar-refractivity contribution in [1.29, 1.82) is 0 Å².